The molecule has 0 fully saturated rings. The highest BCUT2D eigenvalue weighted by molar-refractivity contribution is 7.91. The monoisotopic (exact) mass is 299 g/mol. The van der Waals surface area contributed by atoms with Crippen molar-refractivity contribution >= 4 is 21.7 Å². The zero-order valence-electron chi connectivity index (χ0n) is 11.4. The molecule has 0 aromatic heterocycles. The zero-order valence-corrected chi connectivity index (χ0v) is 12.2. The minimum atomic E-state index is -3.50. The summed E-state index contributed by atoms with van der Waals surface area (Å²) in [6, 6.07) is 5.89. The van der Waals surface area contributed by atoms with Gasteiger partial charge < -0.3 is 10.1 Å². The molecule has 0 spiro atoms. The molecule has 0 saturated carbocycles. The number of hydrogen-bond donors (Lipinski definition) is 1. The van der Waals surface area contributed by atoms with Crippen molar-refractivity contribution in [3.05, 3.63) is 29.8 Å². The van der Waals surface area contributed by atoms with E-state index in [1.54, 1.807) is 19.1 Å². The van der Waals surface area contributed by atoms with Gasteiger partial charge in [0, 0.05) is 0 Å². The van der Waals surface area contributed by atoms with Gasteiger partial charge in [-0.15, -0.1) is 0 Å². The maximum atomic E-state index is 12.0. The first kappa shape index (κ1) is 16.2. The average molecular weight is 299 g/mol. The van der Waals surface area contributed by atoms with Gasteiger partial charge in [-0.1, -0.05) is 19.1 Å². The van der Waals surface area contributed by atoms with Crippen LogP contribution in [0.15, 0.2) is 29.2 Å². The average Bonchev–Trinajstić information content (AvgIpc) is 2.45. The molecule has 110 valence electrons. The molecule has 6 nitrogen and oxygen atoms in total. The molecule has 1 aromatic carbocycles. The van der Waals surface area contributed by atoms with E-state index in [0.717, 1.165) is 0 Å². The molecule has 1 N–H and O–H groups in total. The highest BCUT2D eigenvalue weighted by atomic mass is 32.2. The molecular formula is C13H17NO5S. The molecule has 0 radical (unpaired) electrons. The summed E-state index contributed by atoms with van der Waals surface area (Å²) in [5, 5.41) is 2.34. The lowest BCUT2D eigenvalue weighted by atomic mass is 10.2. The molecule has 0 bridgehead atoms. The summed E-state index contributed by atoms with van der Waals surface area (Å²) in [6.07, 6.45) is 0. The zero-order chi connectivity index (χ0) is 15.2. The normalized spacial score (nSPS) is 10.9. The fraction of sp³-hybridized carbons (Fsp3) is 0.385. The van der Waals surface area contributed by atoms with Crippen molar-refractivity contribution in [1.82, 2.24) is 5.32 Å². The lowest BCUT2D eigenvalue weighted by Crippen LogP contribution is -2.31. The minimum absolute atomic E-state index is 0.0265. The molecule has 1 aromatic rings. The quantitative estimate of drug-likeness (QED) is 0.784. The van der Waals surface area contributed by atoms with Crippen LogP contribution in [0.3, 0.4) is 0 Å². The van der Waals surface area contributed by atoms with Crippen molar-refractivity contribution in [2.24, 2.45) is 0 Å². The lowest BCUT2D eigenvalue weighted by Gasteiger charge is -2.09. The molecule has 0 heterocycles. The van der Waals surface area contributed by atoms with Crippen LogP contribution < -0.4 is 5.32 Å². The van der Waals surface area contributed by atoms with Gasteiger partial charge in [0.15, 0.2) is 9.84 Å². The van der Waals surface area contributed by atoms with E-state index in [1.165, 1.54) is 19.1 Å². The van der Waals surface area contributed by atoms with Gasteiger partial charge in [-0.05, 0) is 19.1 Å². The van der Waals surface area contributed by atoms with Gasteiger partial charge in [-0.25, -0.2) is 8.42 Å². The standard InChI is InChI=1S/C13H17NO5S/c1-3-19-12(15)9-14-13(16)10-7-5-6-8-11(10)20(17,18)4-2/h5-8H,3-4,9H2,1-2H3,(H,14,16). The molecule has 20 heavy (non-hydrogen) atoms. The van der Waals surface area contributed by atoms with Gasteiger partial charge in [0.25, 0.3) is 5.91 Å². The Morgan fingerprint density at radius 2 is 1.85 bits per heavy atom. The number of hydrogen-bond acceptors (Lipinski definition) is 5. The Morgan fingerprint density at radius 1 is 1.20 bits per heavy atom. The van der Waals surface area contributed by atoms with Gasteiger partial charge in [-0.2, -0.15) is 0 Å². The van der Waals surface area contributed by atoms with Crippen LogP contribution in [0.1, 0.15) is 24.2 Å². The first-order chi connectivity index (χ1) is 9.42. The van der Waals surface area contributed by atoms with Crippen LogP contribution in [0.25, 0.3) is 0 Å². The SMILES string of the molecule is CCOC(=O)CNC(=O)c1ccccc1S(=O)(=O)CC. The number of carbonyl (C=O) groups is 2. The second-order valence-corrected chi connectivity index (χ2v) is 6.13. The van der Waals surface area contributed by atoms with E-state index in [4.69, 9.17) is 0 Å². The summed E-state index contributed by atoms with van der Waals surface area (Å²) < 4.78 is 28.5. The molecule has 7 heteroatoms. The number of rotatable bonds is 6. The fourth-order valence-corrected chi connectivity index (χ4v) is 2.63. The Labute approximate surface area is 118 Å². The molecule has 1 rings (SSSR count). The molecule has 0 aliphatic carbocycles. The maximum Gasteiger partial charge on any atom is 0.325 e. The van der Waals surface area contributed by atoms with E-state index in [0.29, 0.717) is 0 Å². The highest BCUT2D eigenvalue weighted by Crippen LogP contribution is 2.16. The van der Waals surface area contributed by atoms with Gasteiger partial charge in [-0.3, -0.25) is 9.59 Å². The number of ether oxygens (including phenoxy) is 1. The molecule has 0 unspecified atom stereocenters. The number of esters is 1. The number of sulfone groups is 1. The Morgan fingerprint density at radius 3 is 2.45 bits per heavy atom. The van der Waals surface area contributed by atoms with E-state index >= 15 is 0 Å². The predicted molar refractivity (Wildman–Crippen MR) is 73.1 cm³/mol. The third-order valence-electron chi connectivity index (χ3n) is 2.55. The fourth-order valence-electron chi connectivity index (χ4n) is 1.54. The minimum Gasteiger partial charge on any atom is -0.465 e. The van der Waals surface area contributed by atoms with Gasteiger partial charge in [0.1, 0.15) is 6.54 Å². The number of benzene rings is 1. The molecular weight excluding hydrogens is 282 g/mol. The van der Waals surface area contributed by atoms with E-state index in [1.807, 2.05) is 0 Å². The second-order valence-electron chi connectivity index (χ2n) is 3.89. The van der Waals surface area contributed by atoms with Crippen LogP contribution in [-0.2, 0) is 19.4 Å². The third kappa shape index (κ3) is 4.06. The predicted octanol–water partition coefficient (Wildman–Crippen LogP) is 0.773. The second kappa shape index (κ2) is 7.04. The van der Waals surface area contributed by atoms with E-state index in [-0.39, 0.29) is 29.4 Å². The summed E-state index contributed by atoms with van der Waals surface area (Å²) >= 11 is 0. The first-order valence-corrected chi connectivity index (χ1v) is 7.83. The van der Waals surface area contributed by atoms with Gasteiger partial charge in [0.2, 0.25) is 0 Å². The van der Waals surface area contributed by atoms with Crippen LogP contribution in [0.5, 0.6) is 0 Å². The topological polar surface area (TPSA) is 89.5 Å². The highest BCUT2D eigenvalue weighted by Gasteiger charge is 2.20. The van der Waals surface area contributed by atoms with Crippen molar-refractivity contribution in [2.75, 3.05) is 18.9 Å². The lowest BCUT2D eigenvalue weighted by molar-refractivity contribution is -0.141. The van der Waals surface area contributed by atoms with Gasteiger partial charge in [0.05, 0.1) is 22.8 Å². The largest absolute Gasteiger partial charge is 0.465 e. The van der Waals surface area contributed by atoms with Crippen molar-refractivity contribution in [2.45, 2.75) is 18.7 Å². The van der Waals surface area contributed by atoms with E-state index in [9.17, 15) is 18.0 Å². The van der Waals surface area contributed by atoms with Crippen LogP contribution in [-0.4, -0.2) is 39.2 Å². The smallest absolute Gasteiger partial charge is 0.325 e. The van der Waals surface area contributed by atoms with Crippen molar-refractivity contribution in [3.63, 3.8) is 0 Å². The van der Waals surface area contributed by atoms with Crippen molar-refractivity contribution < 1.29 is 22.7 Å². The summed E-state index contributed by atoms with van der Waals surface area (Å²) in [7, 11) is -3.50. The summed E-state index contributed by atoms with van der Waals surface area (Å²) in [4.78, 5) is 23.1. The van der Waals surface area contributed by atoms with Crippen molar-refractivity contribution in [3.8, 4) is 0 Å². The first-order valence-electron chi connectivity index (χ1n) is 6.18. The molecule has 0 aliphatic heterocycles. The Balaban J connectivity index is 2.92. The Hall–Kier alpha value is -1.89. The Bertz CT molecular complexity index is 595. The number of nitrogens with one attached hydrogen (secondary N) is 1. The summed E-state index contributed by atoms with van der Waals surface area (Å²) in [5.41, 5.74) is 0.0265. The third-order valence-corrected chi connectivity index (χ3v) is 4.33. The molecule has 0 atom stereocenters. The van der Waals surface area contributed by atoms with Crippen LogP contribution >= 0.6 is 0 Å². The Kier molecular flexibility index (Phi) is 5.69. The van der Waals surface area contributed by atoms with Crippen molar-refractivity contribution in [1.29, 1.82) is 0 Å². The van der Waals surface area contributed by atoms with Crippen LogP contribution in [0.2, 0.25) is 0 Å². The summed E-state index contributed by atoms with van der Waals surface area (Å²) in [6.45, 7) is 3.08. The van der Waals surface area contributed by atoms with E-state index < -0.39 is 21.7 Å². The number of amides is 1. The van der Waals surface area contributed by atoms with Crippen LogP contribution in [0.4, 0.5) is 0 Å². The summed E-state index contributed by atoms with van der Waals surface area (Å²) in [5.74, 6) is -1.29. The van der Waals surface area contributed by atoms with Crippen LogP contribution in [0, 0.1) is 0 Å². The molecule has 1 amide bonds. The molecule has 0 aliphatic rings. The maximum absolute atomic E-state index is 12.0. The number of carbonyl (C=O) groups excluding carboxylic acids is 2. The molecule has 0 saturated heterocycles. The van der Waals surface area contributed by atoms with Gasteiger partial charge >= 0.3 is 5.97 Å². The van der Waals surface area contributed by atoms with E-state index in [2.05, 4.69) is 10.1 Å².